The van der Waals surface area contributed by atoms with E-state index in [2.05, 4.69) is 0 Å². The first kappa shape index (κ1) is 19.3. The lowest BCUT2D eigenvalue weighted by atomic mass is 9.89. The minimum atomic E-state index is -6.01. The zero-order valence-electron chi connectivity index (χ0n) is 11.6. The molecule has 3 nitrogen and oxygen atoms in total. The van der Waals surface area contributed by atoms with Crippen molar-refractivity contribution in [1.29, 1.82) is 0 Å². The van der Waals surface area contributed by atoms with Gasteiger partial charge < -0.3 is 0 Å². The molecule has 0 spiro atoms. The molecule has 1 saturated carbocycles. The molecular formula is C12H17F6NO2S. The predicted octanol–water partition coefficient (Wildman–Crippen LogP) is 3.84. The Balaban J connectivity index is 2.80. The van der Waals surface area contributed by atoms with E-state index in [-0.39, 0.29) is 5.92 Å². The van der Waals surface area contributed by atoms with Crippen LogP contribution in [0.1, 0.15) is 32.1 Å². The van der Waals surface area contributed by atoms with E-state index in [1.807, 2.05) is 0 Å². The summed E-state index contributed by atoms with van der Waals surface area (Å²) in [5.74, 6) is 0.0788. The van der Waals surface area contributed by atoms with Crippen LogP contribution in [0.25, 0.3) is 0 Å². The van der Waals surface area contributed by atoms with E-state index in [1.165, 1.54) is 6.08 Å². The Bertz CT molecular complexity index is 477. The second-order valence-electron chi connectivity index (χ2n) is 5.18. The number of allylic oxidation sites excluding steroid dienone is 1. The van der Waals surface area contributed by atoms with E-state index in [1.54, 1.807) is 0 Å². The summed E-state index contributed by atoms with van der Waals surface area (Å²) in [6, 6.07) is 0. The molecule has 1 aliphatic carbocycles. The van der Waals surface area contributed by atoms with Crippen molar-refractivity contribution in [2.75, 3.05) is 13.1 Å². The lowest BCUT2D eigenvalue weighted by molar-refractivity contribution is -0.137. The monoisotopic (exact) mass is 353 g/mol. The van der Waals surface area contributed by atoms with Crippen molar-refractivity contribution in [3.63, 3.8) is 0 Å². The van der Waals surface area contributed by atoms with Crippen molar-refractivity contribution in [3.05, 3.63) is 12.2 Å². The SMILES string of the molecule is O=S(=O)(N(CC=CC1CCCCC1)CC(F)(F)F)C(F)(F)F. The topological polar surface area (TPSA) is 37.4 Å². The van der Waals surface area contributed by atoms with Gasteiger partial charge in [-0.15, -0.1) is 0 Å². The minimum absolute atomic E-state index is 0.0788. The maximum Gasteiger partial charge on any atom is 0.511 e. The van der Waals surface area contributed by atoms with E-state index >= 15 is 0 Å². The molecular weight excluding hydrogens is 336 g/mol. The summed E-state index contributed by atoms with van der Waals surface area (Å²) >= 11 is 0. The number of hydrogen-bond acceptors (Lipinski definition) is 2. The van der Waals surface area contributed by atoms with Crippen molar-refractivity contribution in [2.24, 2.45) is 5.92 Å². The molecule has 0 aromatic heterocycles. The van der Waals surface area contributed by atoms with Crippen LogP contribution >= 0.6 is 0 Å². The second-order valence-corrected chi connectivity index (χ2v) is 7.11. The molecule has 0 amide bonds. The standard InChI is InChI=1S/C12H17F6NO2S/c13-11(14,15)9-19(22(20,21)12(16,17)18)8-4-7-10-5-2-1-3-6-10/h4,7,10H,1-3,5-6,8-9H2. The molecule has 1 fully saturated rings. The Morgan fingerprint density at radius 2 is 1.55 bits per heavy atom. The van der Waals surface area contributed by atoms with E-state index < -0.39 is 39.1 Å². The highest BCUT2D eigenvalue weighted by Gasteiger charge is 2.52. The van der Waals surface area contributed by atoms with Crippen molar-refractivity contribution in [1.82, 2.24) is 4.31 Å². The van der Waals surface area contributed by atoms with Gasteiger partial charge in [0.25, 0.3) is 0 Å². The fraction of sp³-hybridized carbons (Fsp3) is 0.833. The quantitative estimate of drug-likeness (QED) is 0.556. The molecule has 22 heavy (non-hydrogen) atoms. The van der Waals surface area contributed by atoms with E-state index in [9.17, 15) is 34.8 Å². The Morgan fingerprint density at radius 3 is 2.00 bits per heavy atom. The molecule has 0 unspecified atom stereocenters. The van der Waals surface area contributed by atoms with Crippen LogP contribution < -0.4 is 0 Å². The van der Waals surface area contributed by atoms with Gasteiger partial charge in [-0.25, -0.2) is 8.42 Å². The highest BCUT2D eigenvalue weighted by Crippen LogP contribution is 2.30. The van der Waals surface area contributed by atoms with Crippen molar-refractivity contribution < 1.29 is 34.8 Å². The van der Waals surface area contributed by atoms with Crippen LogP contribution in [0.2, 0.25) is 0 Å². The van der Waals surface area contributed by atoms with E-state index in [4.69, 9.17) is 0 Å². The van der Waals surface area contributed by atoms with Gasteiger partial charge in [0.1, 0.15) is 6.54 Å². The van der Waals surface area contributed by atoms with E-state index in [0.29, 0.717) is 0 Å². The van der Waals surface area contributed by atoms with Gasteiger partial charge in [-0.3, -0.25) is 0 Å². The summed E-state index contributed by atoms with van der Waals surface area (Å²) in [6.07, 6.45) is 2.09. The van der Waals surface area contributed by atoms with Crippen molar-refractivity contribution in [3.8, 4) is 0 Å². The zero-order valence-corrected chi connectivity index (χ0v) is 12.4. The fourth-order valence-electron chi connectivity index (χ4n) is 2.29. The summed E-state index contributed by atoms with van der Waals surface area (Å²) < 4.78 is 96.0. The number of nitrogens with zero attached hydrogens (tertiary/aromatic N) is 1. The number of rotatable bonds is 5. The van der Waals surface area contributed by atoms with Crippen LogP contribution in [0.4, 0.5) is 26.3 Å². The normalized spacial score (nSPS) is 19.2. The van der Waals surface area contributed by atoms with Crippen LogP contribution in [0.3, 0.4) is 0 Å². The number of sulfonamides is 1. The van der Waals surface area contributed by atoms with Gasteiger partial charge in [0.2, 0.25) is 0 Å². The molecule has 0 atom stereocenters. The Morgan fingerprint density at radius 1 is 1.00 bits per heavy atom. The van der Waals surface area contributed by atoms with Gasteiger partial charge >= 0.3 is 21.7 Å². The Labute approximate surface area is 125 Å². The number of hydrogen-bond donors (Lipinski definition) is 0. The first-order valence-electron chi connectivity index (χ1n) is 6.73. The molecule has 130 valence electrons. The fourth-order valence-corrected chi connectivity index (χ4v) is 3.18. The summed E-state index contributed by atoms with van der Waals surface area (Å²) in [7, 11) is -6.01. The molecule has 0 bridgehead atoms. The molecule has 0 aliphatic heterocycles. The average molecular weight is 353 g/mol. The average Bonchev–Trinajstić information content (AvgIpc) is 2.36. The molecule has 0 heterocycles. The molecule has 0 radical (unpaired) electrons. The lowest BCUT2D eigenvalue weighted by Crippen LogP contribution is -2.45. The van der Waals surface area contributed by atoms with Crippen molar-refractivity contribution >= 4 is 10.0 Å². The third kappa shape index (κ3) is 5.79. The largest absolute Gasteiger partial charge is 0.511 e. The molecule has 10 heteroatoms. The number of alkyl halides is 6. The Kier molecular flexibility index (Phi) is 6.31. The third-order valence-electron chi connectivity index (χ3n) is 3.36. The van der Waals surface area contributed by atoms with Gasteiger partial charge in [-0.05, 0) is 18.8 Å². The highest BCUT2D eigenvalue weighted by molar-refractivity contribution is 7.90. The smallest absolute Gasteiger partial charge is 0.203 e. The summed E-state index contributed by atoms with van der Waals surface area (Å²) in [5.41, 5.74) is -5.75. The molecule has 0 aromatic carbocycles. The van der Waals surface area contributed by atoms with Gasteiger partial charge in [0, 0.05) is 6.54 Å². The first-order chi connectivity index (χ1) is 9.93. The van der Waals surface area contributed by atoms with Crippen LogP contribution in [-0.2, 0) is 10.0 Å². The van der Waals surface area contributed by atoms with Crippen LogP contribution in [0.5, 0.6) is 0 Å². The lowest BCUT2D eigenvalue weighted by Gasteiger charge is -2.23. The van der Waals surface area contributed by atoms with Gasteiger partial charge in [-0.2, -0.15) is 30.6 Å². The zero-order chi connectivity index (χ0) is 17.0. The second kappa shape index (κ2) is 7.20. The van der Waals surface area contributed by atoms with E-state index in [0.717, 1.165) is 38.2 Å². The minimum Gasteiger partial charge on any atom is -0.203 e. The summed E-state index contributed by atoms with van der Waals surface area (Å²) in [6.45, 7) is -3.11. The van der Waals surface area contributed by atoms with Crippen LogP contribution in [0, 0.1) is 5.92 Å². The maximum atomic E-state index is 12.4. The first-order valence-corrected chi connectivity index (χ1v) is 8.17. The molecule has 1 aliphatic rings. The highest BCUT2D eigenvalue weighted by atomic mass is 32.2. The van der Waals surface area contributed by atoms with Gasteiger partial charge in [0.05, 0.1) is 0 Å². The third-order valence-corrected chi connectivity index (χ3v) is 4.90. The molecule has 0 saturated heterocycles. The molecule has 0 N–H and O–H groups in total. The Hall–Kier alpha value is -0.770. The predicted molar refractivity (Wildman–Crippen MR) is 68.3 cm³/mol. The van der Waals surface area contributed by atoms with Crippen LogP contribution in [-0.4, -0.2) is 37.5 Å². The van der Waals surface area contributed by atoms with Gasteiger partial charge in [-0.1, -0.05) is 31.4 Å². The maximum absolute atomic E-state index is 12.4. The molecule has 0 aromatic rings. The van der Waals surface area contributed by atoms with Gasteiger partial charge in [0.15, 0.2) is 0 Å². The summed E-state index contributed by atoms with van der Waals surface area (Å²) in [4.78, 5) is 0. The van der Waals surface area contributed by atoms with Crippen molar-refractivity contribution in [2.45, 2.75) is 43.8 Å². The number of halogens is 6. The van der Waals surface area contributed by atoms with Crippen LogP contribution in [0.15, 0.2) is 12.2 Å². The molecule has 1 rings (SSSR count). The summed E-state index contributed by atoms with van der Waals surface area (Å²) in [5, 5.41) is 0.